The number of hydrogen-bond donors (Lipinski definition) is 2. The van der Waals surface area contributed by atoms with Gasteiger partial charge in [0.05, 0.1) is 5.75 Å². The van der Waals surface area contributed by atoms with Crippen LogP contribution in [0.5, 0.6) is 0 Å². The second kappa shape index (κ2) is 6.81. The number of carbonyl (C=O) groups excluding carboxylic acids is 3. The van der Waals surface area contributed by atoms with E-state index in [9.17, 15) is 14.4 Å². The maximum Gasteiger partial charge on any atom is 0.344 e. The number of thioether (sulfide) groups is 1. The highest BCUT2D eigenvalue weighted by atomic mass is 32.2. The van der Waals surface area contributed by atoms with Crippen molar-refractivity contribution >= 4 is 29.6 Å². The van der Waals surface area contributed by atoms with Gasteiger partial charge in [0.1, 0.15) is 11.4 Å². The van der Waals surface area contributed by atoms with E-state index >= 15 is 0 Å². The molecule has 2 heterocycles. The topological polar surface area (TPSA) is 109 Å². The standard InChI is InChI=1S/C17H24N6O3S/c1-10-5-7-17(8-6-10)14(25)23(15(26)18-17)21-13(24)9-27-16-20-19-11(2)22(16)12-3-4-12/h10,12H,3-9H2,1-2H3,(H,18,26)(H,21,24). The summed E-state index contributed by atoms with van der Waals surface area (Å²) in [6, 6.07) is -0.130. The number of imide groups is 1. The largest absolute Gasteiger partial charge is 0.344 e. The van der Waals surface area contributed by atoms with Crippen LogP contribution in [0.3, 0.4) is 0 Å². The van der Waals surface area contributed by atoms with Crippen LogP contribution in [0, 0.1) is 12.8 Å². The fourth-order valence-corrected chi connectivity index (χ4v) is 4.65. The van der Waals surface area contributed by atoms with Gasteiger partial charge in [-0.1, -0.05) is 18.7 Å². The van der Waals surface area contributed by atoms with E-state index in [1.807, 2.05) is 11.5 Å². The van der Waals surface area contributed by atoms with Crippen LogP contribution >= 0.6 is 11.8 Å². The monoisotopic (exact) mass is 392 g/mol. The van der Waals surface area contributed by atoms with Crippen LogP contribution in [-0.4, -0.2) is 48.9 Å². The number of aromatic nitrogens is 3. The first-order chi connectivity index (χ1) is 12.9. The molecule has 0 aromatic carbocycles. The van der Waals surface area contributed by atoms with Crippen molar-refractivity contribution in [2.45, 2.75) is 69.1 Å². The molecule has 0 bridgehead atoms. The maximum absolute atomic E-state index is 12.8. The molecule has 2 N–H and O–H groups in total. The van der Waals surface area contributed by atoms with Crippen molar-refractivity contribution in [2.75, 3.05) is 5.75 Å². The van der Waals surface area contributed by atoms with Crippen LogP contribution in [0.15, 0.2) is 5.16 Å². The summed E-state index contributed by atoms with van der Waals surface area (Å²) in [7, 11) is 0. The first-order valence-electron chi connectivity index (χ1n) is 9.40. The Labute approximate surface area is 161 Å². The molecule has 146 valence electrons. The fourth-order valence-electron chi connectivity index (χ4n) is 3.80. The van der Waals surface area contributed by atoms with Gasteiger partial charge in [0.15, 0.2) is 5.16 Å². The molecule has 0 unspecified atom stereocenters. The Morgan fingerprint density at radius 3 is 2.63 bits per heavy atom. The molecule has 1 aromatic rings. The van der Waals surface area contributed by atoms with Crippen molar-refractivity contribution in [1.29, 1.82) is 0 Å². The Kier molecular flexibility index (Phi) is 4.61. The molecule has 4 rings (SSSR count). The lowest BCUT2D eigenvalue weighted by atomic mass is 9.77. The van der Waals surface area contributed by atoms with Gasteiger partial charge < -0.3 is 9.88 Å². The van der Waals surface area contributed by atoms with Crippen molar-refractivity contribution in [2.24, 2.45) is 5.92 Å². The normalized spacial score (nSPS) is 27.9. The second-order valence-corrected chi connectivity index (χ2v) is 8.73. The van der Waals surface area contributed by atoms with Gasteiger partial charge in [-0.15, -0.1) is 10.2 Å². The highest BCUT2D eigenvalue weighted by Crippen LogP contribution is 2.38. The zero-order valence-electron chi connectivity index (χ0n) is 15.5. The van der Waals surface area contributed by atoms with E-state index in [2.05, 4.69) is 27.9 Å². The van der Waals surface area contributed by atoms with Crippen molar-refractivity contribution < 1.29 is 14.4 Å². The Morgan fingerprint density at radius 2 is 1.96 bits per heavy atom. The van der Waals surface area contributed by atoms with Gasteiger partial charge in [0.25, 0.3) is 5.91 Å². The van der Waals surface area contributed by atoms with Crippen LogP contribution in [0.1, 0.15) is 57.3 Å². The Morgan fingerprint density at radius 1 is 1.26 bits per heavy atom. The Balaban J connectivity index is 1.36. The number of nitrogens with zero attached hydrogens (tertiary/aromatic N) is 4. The number of aryl methyl sites for hydroxylation is 1. The van der Waals surface area contributed by atoms with Crippen LogP contribution in [0.4, 0.5) is 4.79 Å². The lowest BCUT2D eigenvalue weighted by Gasteiger charge is -2.33. The molecule has 3 aliphatic rings. The van der Waals surface area contributed by atoms with Gasteiger partial charge in [0.2, 0.25) is 5.91 Å². The fraction of sp³-hybridized carbons (Fsp3) is 0.706. The molecule has 1 saturated heterocycles. The molecule has 0 radical (unpaired) electrons. The molecule has 0 atom stereocenters. The summed E-state index contributed by atoms with van der Waals surface area (Å²) in [4.78, 5) is 37.3. The first kappa shape index (κ1) is 18.3. The zero-order valence-corrected chi connectivity index (χ0v) is 16.3. The van der Waals surface area contributed by atoms with E-state index in [0.717, 1.165) is 36.5 Å². The van der Waals surface area contributed by atoms with Crippen molar-refractivity contribution in [1.82, 2.24) is 30.5 Å². The first-order valence-corrected chi connectivity index (χ1v) is 10.4. The molecular formula is C17H24N6O3S. The summed E-state index contributed by atoms with van der Waals surface area (Å²) in [6.07, 6.45) is 5.20. The number of carbonyl (C=O) groups is 3. The van der Waals surface area contributed by atoms with Crippen molar-refractivity contribution in [3.63, 3.8) is 0 Å². The number of rotatable bonds is 5. The second-order valence-electron chi connectivity index (χ2n) is 7.79. The molecule has 2 aliphatic carbocycles. The predicted molar refractivity (Wildman–Crippen MR) is 97.6 cm³/mol. The molecule has 3 fully saturated rings. The van der Waals surface area contributed by atoms with Gasteiger partial charge in [-0.2, -0.15) is 5.01 Å². The molecule has 4 amide bonds. The van der Waals surface area contributed by atoms with Gasteiger partial charge in [-0.05, 0) is 51.4 Å². The Hall–Kier alpha value is -2.10. The van der Waals surface area contributed by atoms with Gasteiger partial charge in [-0.25, -0.2) is 4.79 Å². The summed E-state index contributed by atoms with van der Waals surface area (Å²) in [5, 5.41) is 12.5. The molecule has 27 heavy (non-hydrogen) atoms. The quantitative estimate of drug-likeness (QED) is 0.581. The van der Waals surface area contributed by atoms with Crippen LogP contribution in [0.2, 0.25) is 0 Å². The number of urea groups is 1. The van der Waals surface area contributed by atoms with Crippen LogP contribution in [0.25, 0.3) is 0 Å². The number of hydrazine groups is 1. The van der Waals surface area contributed by atoms with Gasteiger partial charge in [-0.3, -0.25) is 15.0 Å². The highest BCUT2D eigenvalue weighted by Gasteiger charge is 2.52. The van der Waals surface area contributed by atoms with Crippen LogP contribution < -0.4 is 10.7 Å². The highest BCUT2D eigenvalue weighted by molar-refractivity contribution is 7.99. The van der Waals surface area contributed by atoms with E-state index in [1.165, 1.54) is 11.8 Å². The minimum absolute atomic E-state index is 0.0615. The average molecular weight is 392 g/mol. The van der Waals surface area contributed by atoms with Crippen molar-refractivity contribution in [3.8, 4) is 0 Å². The third-order valence-corrected chi connectivity index (χ3v) is 6.55. The van der Waals surface area contributed by atoms with E-state index in [-0.39, 0.29) is 11.7 Å². The smallest absolute Gasteiger partial charge is 0.322 e. The lowest BCUT2D eigenvalue weighted by molar-refractivity contribution is -0.139. The molecular weight excluding hydrogens is 368 g/mol. The average Bonchev–Trinajstić information content (AvgIpc) is 3.37. The molecule has 2 saturated carbocycles. The minimum atomic E-state index is -0.854. The van der Waals surface area contributed by atoms with Crippen molar-refractivity contribution in [3.05, 3.63) is 5.82 Å². The third kappa shape index (κ3) is 3.42. The van der Waals surface area contributed by atoms with E-state index in [0.29, 0.717) is 30.0 Å². The SMILES string of the molecule is Cc1nnc(SCC(=O)NN2C(=O)NC3(CCC(C)CC3)C2=O)n1C1CC1. The summed E-state index contributed by atoms with van der Waals surface area (Å²) in [5.41, 5.74) is 1.60. The number of nitrogens with one attached hydrogen (secondary N) is 2. The molecule has 1 aliphatic heterocycles. The Bertz CT molecular complexity index is 782. The molecule has 1 aromatic heterocycles. The summed E-state index contributed by atoms with van der Waals surface area (Å²) in [6.45, 7) is 4.04. The zero-order chi connectivity index (χ0) is 19.2. The van der Waals surface area contributed by atoms with E-state index in [1.54, 1.807) is 0 Å². The lowest BCUT2D eigenvalue weighted by Crippen LogP contribution is -2.51. The number of hydrogen-bond acceptors (Lipinski definition) is 6. The molecule has 10 heteroatoms. The predicted octanol–water partition coefficient (Wildman–Crippen LogP) is 1.55. The summed E-state index contributed by atoms with van der Waals surface area (Å²) >= 11 is 1.27. The summed E-state index contributed by atoms with van der Waals surface area (Å²) < 4.78 is 2.05. The van der Waals surface area contributed by atoms with E-state index < -0.39 is 17.5 Å². The third-order valence-electron chi connectivity index (χ3n) is 5.61. The molecule has 9 nitrogen and oxygen atoms in total. The number of amides is 4. The minimum Gasteiger partial charge on any atom is -0.322 e. The summed E-state index contributed by atoms with van der Waals surface area (Å²) in [5.74, 6) is 0.685. The molecule has 1 spiro atoms. The van der Waals surface area contributed by atoms with Crippen LogP contribution in [-0.2, 0) is 9.59 Å². The maximum atomic E-state index is 12.8. The van der Waals surface area contributed by atoms with E-state index in [4.69, 9.17) is 0 Å². The van der Waals surface area contributed by atoms with Gasteiger partial charge >= 0.3 is 6.03 Å². The van der Waals surface area contributed by atoms with Gasteiger partial charge in [0, 0.05) is 6.04 Å².